The molecule has 4 nitrogen and oxygen atoms in total. The first-order valence-corrected chi connectivity index (χ1v) is 7.40. The maximum absolute atomic E-state index is 12.5. The van der Waals surface area contributed by atoms with Gasteiger partial charge in [-0.3, -0.25) is 4.79 Å². The van der Waals surface area contributed by atoms with Crippen LogP contribution >= 0.6 is 11.6 Å². The first kappa shape index (κ1) is 15.1. The third kappa shape index (κ3) is 3.42. The third-order valence-electron chi connectivity index (χ3n) is 4.00. The lowest BCUT2D eigenvalue weighted by Gasteiger charge is -2.34. The van der Waals surface area contributed by atoms with Crippen molar-refractivity contribution in [2.45, 2.75) is 26.7 Å². The van der Waals surface area contributed by atoms with Crippen LogP contribution in [0.15, 0.2) is 12.1 Å². The molecule has 0 aromatic carbocycles. The molecular weight excluding hydrogens is 276 g/mol. The molecule has 1 aliphatic rings. The minimum Gasteiger partial charge on any atom is -0.481 e. The third-order valence-corrected chi connectivity index (χ3v) is 4.19. The lowest BCUT2D eigenvalue weighted by molar-refractivity contribution is 0.0667. The Labute approximate surface area is 125 Å². The molecule has 1 aromatic rings. The minimum atomic E-state index is 0.00908. The SMILES string of the molecule is COc1cc(C(=O)N2CCC(C(C)C)CC2)cc(Cl)n1. The fraction of sp³-hybridized carbons (Fsp3) is 0.600. The Morgan fingerprint density at radius 1 is 1.40 bits per heavy atom. The zero-order valence-corrected chi connectivity index (χ0v) is 13.0. The summed E-state index contributed by atoms with van der Waals surface area (Å²) in [6.07, 6.45) is 2.14. The van der Waals surface area contributed by atoms with Gasteiger partial charge in [0.15, 0.2) is 0 Å². The summed E-state index contributed by atoms with van der Waals surface area (Å²) in [7, 11) is 1.51. The van der Waals surface area contributed by atoms with E-state index in [1.54, 1.807) is 12.1 Å². The van der Waals surface area contributed by atoms with E-state index in [0.717, 1.165) is 31.8 Å². The zero-order valence-electron chi connectivity index (χ0n) is 12.2. The van der Waals surface area contributed by atoms with E-state index in [1.807, 2.05) is 4.90 Å². The molecule has 0 unspecified atom stereocenters. The van der Waals surface area contributed by atoms with Gasteiger partial charge in [0.1, 0.15) is 5.15 Å². The van der Waals surface area contributed by atoms with E-state index in [0.29, 0.717) is 17.4 Å². The van der Waals surface area contributed by atoms with E-state index in [9.17, 15) is 4.79 Å². The molecule has 0 atom stereocenters. The summed E-state index contributed by atoms with van der Waals surface area (Å²) in [5, 5.41) is 0.282. The summed E-state index contributed by atoms with van der Waals surface area (Å²) in [5.74, 6) is 1.78. The van der Waals surface area contributed by atoms with Gasteiger partial charge < -0.3 is 9.64 Å². The van der Waals surface area contributed by atoms with Crippen LogP contribution in [0.5, 0.6) is 5.88 Å². The number of likely N-dealkylation sites (tertiary alicyclic amines) is 1. The van der Waals surface area contributed by atoms with Crippen LogP contribution in [0.4, 0.5) is 0 Å². The summed E-state index contributed by atoms with van der Waals surface area (Å²) in [6, 6.07) is 3.24. The smallest absolute Gasteiger partial charge is 0.254 e. The summed E-state index contributed by atoms with van der Waals surface area (Å²) >= 11 is 5.91. The number of carbonyl (C=O) groups is 1. The number of hydrogen-bond acceptors (Lipinski definition) is 3. The standard InChI is InChI=1S/C15H21ClN2O2/c1-10(2)11-4-6-18(7-5-11)15(19)12-8-13(16)17-14(9-12)20-3/h8-11H,4-7H2,1-3H3. The Morgan fingerprint density at radius 2 is 2.05 bits per heavy atom. The number of methoxy groups -OCH3 is 1. The van der Waals surface area contributed by atoms with Crippen LogP contribution in [-0.2, 0) is 0 Å². The molecule has 0 bridgehead atoms. The molecule has 0 N–H and O–H groups in total. The van der Waals surface area contributed by atoms with Gasteiger partial charge in [0.25, 0.3) is 5.91 Å². The van der Waals surface area contributed by atoms with Crippen molar-refractivity contribution in [1.82, 2.24) is 9.88 Å². The Hall–Kier alpha value is -1.29. The van der Waals surface area contributed by atoms with Crippen LogP contribution in [0.3, 0.4) is 0 Å². The highest BCUT2D eigenvalue weighted by molar-refractivity contribution is 6.29. The van der Waals surface area contributed by atoms with Gasteiger partial charge >= 0.3 is 0 Å². The average Bonchev–Trinajstić information content (AvgIpc) is 2.45. The number of ether oxygens (including phenoxy) is 1. The summed E-state index contributed by atoms with van der Waals surface area (Å²) < 4.78 is 5.06. The molecule has 2 rings (SSSR count). The second kappa shape index (κ2) is 6.44. The maximum atomic E-state index is 12.5. The molecule has 2 heterocycles. The number of piperidine rings is 1. The number of halogens is 1. The van der Waals surface area contributed by atoms with Crippen molar-refractivity contribution in [3.05, 3.63) is 22.8 Å². The largest absolute Gasteiger partial charge is 0.481 e. The van der Waals surface area contributed by atoms with Crippen molar-refractivity contribution in [3.63, 3.8) is 0 Å². The first-order valence-electron chi connectivity index (χ1n) is 7.02. The number of amides is 1. The molecular formula is C15H21ClN2O2. The van der Waals surface area contributed by atoms with E-state index in [1.165, 1.54) is 7.11 Å². The Bertz CT molecular complexity index is 483. The summed E-state index contributed by atoms with van der Waals surface area (Å²) in [5.41, 5.74) is 0.546. The number of carbonyl (C=O) groups excluding carboxylic acids is 1. The van der Waals surface area contributed by atoms with Crippen molar-refractivity contribution in [1.29, 1.82) is 0 Å². The number of hydrogen-bond donors (Lipinski definition) is 0. The van der Waals surface area contributed by atoms with E-state index in [4.69, 9.17) is 16.3 Å². The van der Waals surface area contributed by atoms with Crippen LogP contribution in [0.2, 0.25) is 5.15 Å². The molecule has 0 radical (unpaired) electrons. The Kier molecular flexibility index (Phi) is 4.86. The molecule has 1 saturated heterocycles. The molecule has 0 spiro atoms. The van der Waals surface area contributed by atoms with Gasteiger partial charge in [0.2, 0.25) is 5.88 Å². The van der Waals surface area contributed by atoms with Crippen LogP contribution in [0.1, 0.15) is 37.0 Å². The average molecular weight is 297 g/mol. The minimum absolute atomic E-state index is 0.00908. The van der Waals surface area contributed by atoms with Gasteiger partial charge in [-0.1, -0.05) is 25.4 Å². The topological polar surface area (TPSA) is 42.4 Å². The normalized spacial score (nSPS) is 16.6. The van der Waals surface area contributed by atoms with Gasteiger partial charge in [0, 0.05) is 24.7 Å². The maximum Gasteiger partial charge on any atom is 0.254 e. The van der Waals surface area contributed by atoms with Crippen molar-refractivity contribution in [3.8, 4) is 5.88 Å². The first-order chi connectivity index (χ1) is 9.51. The lowest BCUT2D eigenvalue weighted by atomic mass is 9.86. The van der Waals surface area contributed by atoms with Gasteiger partial charge in [-0.25, -0.2) is 4.98 Å². The molecule has 1 aliphatic heterocycles. The molecule has 1 amide bonds. The lowest BCUT2D eigenvalue weighted by Crippen LogP contribution is -2.39. The molecule has 5 heteroatoms. The van der Waals surface area contributed by atoms with E-state index >= 15 is 0 Å². The Morgan fingerprint density at radius 3 is 2.60 bits per heavy atom. The van der Waals surface area contributed by atoms with Gasteiger partial charge in [-0.2, -0.15) is 0 Å². The monoisotopic (exact) mass is 296 g/mol. The highest BCUT2D eigenvalue weighted by atomic mass is 35.5. The molecule has 110 valence electrons. The summed E-state index contributed by atoms with van der Waals surface area (Å²) in [6.45, 7) is 6.11. The van der Waals surface area contributed by atoms with Crippen LogP contribution in [0, 0.1) is 11.8 Å². The second-order valence-electron chi connectivity index (χ2n) is 5.59. The fourth-order valence-corrected chi connectivity index (χ4v) is 2.85. The van der Waals surface area contributed by atoms with Gasteiger partial charge in [-0.15, -0.1) is 0 Å². The molecule has 1 fully saturated rings. The summed E-state index contributed by atoms with van der Waals surface area (Å²) in [4.78, 5) is 18.4. The van der Waals surface area contributed by atoms with E-state index < -0.39 is 0 Å². The van der Waals surface area contributed by atoms with Gasteiger partial charge in [0.05, 0.1) is 7.11 Å². The molecule has 0 saturated carbocycles. The number of aromatic nitrogens is 1. The predicted molar refractivity (Wildman–Crippen MR) is 79.3 cm³/mol. The van der Waals surface area contributed by atoms with Crippen LogP contribution in [0.25, 0.3) is 0 Å². The van der Waals surface area contributed by atoms with Gasteiger partial charge in [-0.05, 0) is 30.7 Å². The number of pyridine rings is 1. The van der Waals surface area contributed by atoms with Crippen LogP contribution in [-0.4, -0.2) is 36.0 Å². The van der Waals surface area contributed by atoms with Crippen molar-refractivity contribution in [2.75, 3.05) is 20.2 Å². The molecule has 0 aliphatic carbocycles. The zero-order chi connectivity index (χ0) is 14.7. The molecule has 1 aromatic heterocycles. The highest BCUT2D eigenvalue weighted by Gasteiger charge is 2.25. The van der Waals surface area contributed by atoms with Crippen molar-refractivity contribution in [2.24, 2.45) is 11.8 Å². The predicted octanol–water partition coefficient (Wildman–Crippen LogP) is 3.25. The van der Waals surface area contributed by atoms with Crippen molar-refractivity contribution >= 4 is 17.5 Å². The fourth-order valence-electron chi connectivity index (χ4n) is 2.65. The number of rotatable bonds is 3. The number of nitrogens with zero attached hydrogens (tertiary/aromatic N) is 2. The quantitative estimate of drug-likeness (QED) is 0.804. The van der Waals surface area contributed by atoms with Crippen LogP contribution < -0.4 is 4.74 Å². The highest BCUT2D eigenvalue weighted by Crippen LogP contribution is 2.26. The van der Waals surface area contributed by atoms with E-state index in [-0.39, 0.29) is 11.1 Å². The molecule has 20 heavy (non-hydrogen) atoms. The van der Waals surface area contributed by atoms with E-state index in [2.05, 4.69) is 18.8 Å². The Balaban J connectivity index is 2.07. The van der Waals surface area contributed by atoms with Crippen molar-refractivity contribution < 1.29 is 9.53 Å². The second-order valence-corrected chi connectivity index (χ2v) is 5.98.